The van der Waals surface area contributed by atoms with Gasteiger partial charge in [-0.3, -0.25) is 0 Å². The van der Waals surface area contributed by atoms with Crippen LogP contribution in [0.25, 0.3) is 22.8 Å². The third-order valence-corrected chi connectivity index (χ3v) is 13.7. The van der Waals surface area contributed by atoms with Crippen molar-refractivity contribution < 1.29 is 16.8 Å². The minimum Gasteiger partial charge on any atom is -0.382 e. The lowest BCUT2D eigenvalue weighted by atomic mass is 9.84. The third kappa shape index (κ3) is 15.1. The molecule has 0 aliphatic heterocycles. The van der Waals surface area contributed by atoms with Gasteiger partial charge >= 0.3 is 0 Å². The predicted molar refractivity (Wildman–Crippen MR) is 233 cm³/mol. The summed E-state index contributed by atoms with van der Waals surface area (Å²) in [6.45, 7) is 9.22. The highest BCUT2D eigenvalue weighted by atomic mass is 79.9. The fourth-order valence-corrected chi connectivity index (χ4v) is 8.06. The number of rotatable bonds is 13. The molecule has 0 unspecified atom stereocenters. The van der Waals surface area contributed by atoms with Crippen LogP contribution < -0.4 is 14.8 Å². The number of alkyl halides is 1. The molecule has 2 fully saturated rings. The van der Waals surface area contributed by atoms with Gasteiger partial charge in [0.25, 0.3) is 0 Å². The Hall–Kier alpha value is -3.32. The molecule has 18 heteroatoms. The summed E-state index contributed by atoms with van der Waals surface area (Å²) in [5.74, 6) is 2.71. The second-order valence-corrected chi connectivity index (χ2v) is 19.4. The van der Waals surface area contributed by atoms with Gasteiger partial charge in [0.1, 0.15) is 0 Å². The first kappa shape index (κ1) is 49.8. The number of halogens is 1. The number of H-pyrrole nitrogens is 1. The lowest BCUT2D eigenvalue weighted by molar-refractivity contribution is 0.357. The van der Waals surface area contributed by atoms with Gasteiger partial charge in [0, 0.05) is 28.2 Å². The van der Waals surface area contributed by atoms with Crippen molar-refractivity contribution in [1.82, 2.24) is 50.3 Å². The minimum atomic E-state index is -3.53. The molecule has 2 aliphatic carbocycles. The van der Waals surface area contributed by atoms with E-state index in [1.165, 1.54) is 65.5 Å². The summed E-state index contributed by atoms with van der Waals surface area (Å²) in [4.78, 5) is 1.99. The highest BCUT2D eigenvalue weighted by Gasteiger charge is 2.22. The fraction of sp³-hybridized carbons (Fsp3) is 0.641. The Labute approximate surface area is 350 Å². The van der Waals surface area contributed by atoms with Gasteiger partial charge in [-0.05, 0) is 97.4 Å². The molecule has 0 saturated heterocycles. The number of aromatic amines is 1. The van der Waals surface area contributed by atoms with Crippen molar-refractivity contribution in [1.29, 1.82) is 0 Å². The van der Waals surface area contributed by atoms with Gasteiger partial charge in [0.2, 0.25) is 31.7 Å². The van der Waals surface area contributed by atoms with Crippen molar-refractivity contribution in [3.8, 4) is 22.8 Å². The average molecular weight is 897 g/mol. The predicted octanol–water partition coefficient (Wildman–Crippen LogP) is 7.86. The van der Waals surface area contributed by atoms with Crippen LogP contribution in [0.3, 0.4) is 0 Å². The largest absolute Gasteiger partial charge is 0.382 e. The molecule has 15 nitrogen and oxygen atoms in total. The van der Waals surface area contributed by atoms with Gasteiger partial charge in [0.15, 0.2) is 0 Å². The van der Waals surface area contributed by atoms with Crippen LogP contribution in [0.1, 0.15) is 112 Å². The lowest BCUT2D eigenvalue weighted by Crippen LogP contribution is -2.23. The lowest BCUT2D eigenvalue weighted by Gasteiger charge is -2.25. The second-order valence-electron chi connectivity index (χ2n) is 15.0. The van der Waals surface area contributed by atoms with Crippen molar-refractivity contribution >= 4 is 41.7 Å². The number of hydrogen-bond donors (Lipinski definition) is 4. The molecule has 57 heavy (non-hydrogen) atoms. The van der Waals surface area contributed by atoms with E-state index in [1.54, 1.807) is 35.1 Å². The summed E-state index contributed by atoms with van der Waals surface area (Å²) in [6, 6.07) is 10.6. The average Bonchev–Trinajstić information content (AvgIpc) is 3.89. The molecule has 0 bridgehead atoms. The van der Waals surface area contributed by atoms with Crippen LogP contribution in [0, 0.1) is 17.8 Å². The van der Waals surface area contributed by atoms with Gasteiger partial charge in [-0.15, -0.1) is 20.4 Å². The first-order chi connectivity index (χ1) is 26.3. The Balaban J connectivity index is 0.000000344. The van der Waals surface area contributed by atoms with Crippen molar-refractivity contribution in [2.75, 3.05) is 24.7 Å². The number of tetrazole rings is 2. The van der Waals surface area contributed by atoms with E-state index in [-0.39, 0.29) is 24.6 Å². The summed E-state index contributed by atoms with van der Waals surface area (Å²) in [7, 11) is -4.24. The number of anilines is 1. The zero-order valence-electron chi connectivity index (χ0n) is 32.9. The standard InChI is InChI=1S/C19H29N5O2S.C14H20N6O2S.C4H9Br.2CH4/c1-14(2)13-24-22-19(21-23-24)18-12-17(27(25,26)20-3)10-9-16(18)11-15-7-5-4-6-8-15;1-15-23(21,22)11-7-8-13(16-10-5-3-2-4-6-10)12(9-11)14-17-19-20-18-14;1-4(2)3-5;;/h9-10,12,14-15,20H,4-8,11,13H2,1-3H3;7-10,15-16H,2-6H2,1H3,(H,17,18,19,20);4H,3H2,1-2H3;2*1H4. The second kappa shape index (κ2) is 23.9. The van der Waals surface area contributed by atoms with Crippen LogP contribution in [0.2, 0.25) is 0 Å². The van der Waals surface area contributed by atoms with Crippen molar-refractivity contribution in [3.05, 3.63) is 42.0 Å². The summed E-state index contributed by atoms with van der Waals surface area (Å²) >= 11 is 3.31. The van der Waals surface area contributed by atoms with Crippen molar-refractivity contribution in [2.45, 2.75) is 136 Å². The molecule has 320 valence electrons. The van der Waals surface area contributed by atoms with Crippen LogP contribution >= 0.6 is 15.9 Å². The SMILES string of the molecule is C.C.CC(C)CBr.CNS(=O)(=O)c1ccc(CC2CCCCC2)c(-c2nnn(CC(C)C)n2)c1.CNS(=O)(=O)c1ccc(NC2CCCCC2)c(-c2nn[nH]n2)c1. The molecule has 2 aromatic heterocycles. The third-order valence-electron chi connectivity index (χ3n) is 9.55. The van der Waals surface area contributed by atoms with Crippen LogP contribution in [-0.2, 0) is 33.0 Å². The van der Waals surface area contributed by atoms with Gasteiger partial charge in [-0.1, -0.05) is 116 Å². The summed E-state index contributed by atoms with van der Waals surface area (Å²) < 4.78 is 53.3. The van der Waals surface area contributed by atoms with E-state index in [0.717, 1.165) is 47.3 Å². The molecule has 2 saturated carbocycles. The Morgan fingerprint density at radius 2 is 1.33 bits per heavy atom. The van der Waals surface area contributed by atoms with Gasteiger partial charge in [-0.25, -0.2) is 26.3 Å². The zero-order chi connectivity index (χ0) is 40.0. The van der Waals surface area contributed by atoms with Crippen LogP contribution in [0.15, 0.2) is 46.2 Å². The number of sulfonamides is 2. The molecule has 0 spiro atoms. The van der Waals surface area contributed by atoms with Gasteiger partial charge in [-0.2, -0.15) is 10.0 Å². The highest BCUT2D eigenvalue weighted by molar-refractivity contribution is 9.09. The molecule has 0 amide bonds. The topological polar surface area (TPSA) is 202 Å². The van der Waals surface area contributed by atoms with Crippen molar-refractivity contribution in [3.63, 3.8) is 0 Å². The smallest absolute Gasteiger partial charge is 0.240 e. The van der Waals surface area contributed by atoms with E-state index >= 15 is 0 Å². The maximum absolute atomic E-state index is 12.3. The number of aromatic nitrogens is 8. The molecule has 4 aromatic rings. The van der Waals surface area contributed by atoms with E-state index in [4.69, 9.17) is 0 Å². The molecule has 4 N–H and O–H groups in total. The van der Waals surface area contributed by atoms with E-state index in [2.05, 4.69) is 94.4 Å². The molecule has 2 heterocycles. The number of nitrogens with zero attached hydrogens (tertiary/aromatic N) is 7. The van der Waals surface area contributed by atoms with E-state index in [0.29, 0.717) is 41.6 Å². The van der Waals surface area contributed by atoms with Crippen LogP contribution in [-0.4, -0.2) is 83.1 Å². The molecular weight excluding hydrogens is 831 g/mol. The Bertz CT molecular complexity index is 1980. The molecule has 0 radical (unpaired) electrons. The van der Waals surface area contributed by atoms with E-state index in [1.807, 2.05) is 6.07 Å². The number of hydrogen-bond acceptors (Lipinski definition) is 11. The fourth-order valence-electron chi connectivity index (χ4n) is 6.55. The quantitative estimate of drug-likeness (QED) is 0.0952. The van der Waals surface area contributed by atoms with Gasteiger partial charge < -0.3 is 5.32 Å². The maximum atomic E-state index is 12.3. The minimum absolute atomic E-state index is 0. The monoisotopic (exact) mass is 895 g/mol. The van der Waals surface area contributed by atoms with Crippen LogP contribution in [0.4, 0.5) is 5.69 Å². The van der Waals surface area contributed by atoms with E-state index < -0.39 is 20.0 Å². The summed E-state index contributed by atoms with van der Waals surface area (Å²) in [5.41, 5.74) is 3.32. The first-order valence-electron chi connectivity index (χ1n) is 19.2. The molecular formula is C39H66BrN11O4S2. The van der Waals surface area contributed by atoms with E-state index in [9.17, 15) is 16.8 Å². The van der Waals surface area contributed by atoms with Crippen molar-refractivity contribution in [2.24, 2.45) is 17.8 Å². The molecule has 6 rings (SSSR count). The number of nitrogens with one attached hydrogen (secondary N) is 4. The Morgan fingerprint density at radius 1 is 0.772 bits per heavy atom. The summed E-state index contributed by atoms with van der Waals surface area (Å²) in [6.07, 6.45) is 13.2. The molecule has 2 aromatic carbocycles. The highest BCUT2D eigenvalue weighted by Crippen LogP contribution is 2.33. The Kier molecular flexibility index (Phi) is 20.9. The first-order valence-corrected chi connectivity index (χ1v) is 23.3. The van der Waals surface area contributed by atoms with Gasteiger partial charge in [0.05, 0.1) is 16.3 Å². The Morgan fingerprint density at radius 3 is 1.86 bits per heavy atom. The number of benzene rings is 2. The molecule has 0 atom stereocenters. The zero-order valence-corrected chi connectivity index (χ0v) is 36.1. The maximum Gasteiger partial charge on any atom is 0.240 e. The normalized spacial score (nSPS) is 15.1. The summed E-state index contributed by atoms with van der Waals surface area (Å²) in [5, 5.41) is 31.4. The molecule has 2 aliphatic rings. The van der Waals surface area contributed by atoms with Crippen LogP contribution in [0.5, 0.6) is 0 Å².